The number of nitrogens with zero attached hydrogens (tertiary/aromatic N) is 3. The Bertz CT molecular complexity index is 477. The van der Waals surface area contributed by atoms with Crippen molar-refractivity contribution in [2.24, 2.45) is 0 Å². The van der Waals surface area contributed by atoms with Gasteiger partial charge in [-0.3, -0.25) is 14.5 Å². The van der Waals surface area contributed by atoms with E-state index in [9.17, 15) is 9.90 Å². The highest BCUT2D eigenvalue weighted by molar-refractivity contribution is 7.09. The third-order valence-electron chi connectivity index (χ3n) is 3.16. The summed E-state index contributed by atoms with van der Waals surface area (Å²) in [6, 6.07) is -0.687. The van der Waals surface area contributed by atoms with E-state index in [1.54, 1.807) is 28.6 Å². The zero-order valence-electron chi connectivity index (χ0n) is 10.9. The maximum atomic E-state index is 11.3. The molecule has 6 nitrogen and oxygen atoms in total. The molecule has 2 atom stereocenters. The molecule has 0 aromatic carbocycles. The second kappa shape index (κ2) is 5.79. The van der Waals surface area contributed by atoms with E-state index < -0.39 is 12.0 Å². The van der Waals surface area contributed by atoms with Crippen LogP contribution >= 0.6 is 11.3 Å². The predicted molar refractivity (Wildman–Crippen MR) is 71.8 cm³/mol. The van der Waals surface area contributed by atoms with Crippen LogP contribution in [-0.4, -0.2) is 53.3 Å². The normalized spacial score (nSPS) is 23.3. The largest absolute Gasteiger partial charge is 0.480 e. The van der Waals surface area contributed by atoms with Gasteiger partial charge in [0.05, 0.1) is 28.7 Å². The summed E-state index contributed by atoms with van der Waals surface area (Å²) >= 11 is 1.47. The Morgan fingerprint density at radius 3 is 3.21 bits per heavy atom. The molecule has 0 spiro atoms. The van der Waals surface area contributed by atoms with E-state index in [1.807, 2.05) is 7.05 Å². The first-order valence-corrected chi connectivity index (χ1v) is 6.77. The maximum absolute atomic E-state index is 11.3. The number of likely N-dealkylation sites (N-methyl/N-ethyl adjacent to an activating group) is 2. The van der Waals surface area contributed by atoms with Crippen LogP contribution in [0.3, 0.4) is 0 Å². The molecule has 2 unspecified atom stereocenters. The maximum Gasteiger partial charge on any atom is 0.327 e. The number of carboxylic acids is 1. The molecule has 1 aromatic heterocycles. The summed E-state index contributed by atoms with van der Waals surface area (Å²) in [5.41, 5.74) is 2.30. The number of rotatable bonds is 5. The van der Waals surface area contributed by atoms with Crippen molar-refractivity contribution in [3.05, 3.63) is 28.7 Å². The molecule has 0 fully saturated rings. The van der Waals surface area contributed by atoms with E-state index in [4.69, 9.17) is 4.84 Å². The first kappa shape index (κ1) is 14.1. The molecule has 19 heavy (non-hydrogen) atoms. The number of aliphatic carboxylic acids is 1. The van der Waals surface area contributed by atoms with Crippen molar-refractivity contribution in [2.75, 3.05) is 27.2 Å². The Labute approximate surface area is 115 Å². The van der Waals surface area contributed by atoms with Gasteiger partial charge in [0.25, 0.3) is 0 Å². The monoisotopic (exact) mass is 283 g/mol. The van der Waals surface area contributed by atoms with Crippen LogP contribution in [0.15, 0.2) is 18.2 Å². The molecule has 2 rings (SSSR count). The third-order valence-corrected chi connectivity index (χ3v) is 4.10. The van der Waals surface area contributed by atoms with Gasteiger partial charge in [0.1, 0.15) is 0 Å². The summed E-state index contributed by atoms with van der Waals surface area (Å²) in [6.45, 7) is 4.62. The lowest BCUT2D eigenvalue weighted by Crippen LogP contribution is -2.43. The van der Waals surface area contributed by atoms with Crippen molar-refractivity contribution in [1.29, 1.82) is 0 Å². The molecule has 0 amide bonds. The molecule has 0 saturated heterocycles. The minimum atomic E-state index is -0.872. The van der Waals surface area contributed by atoms with Gasteiger partial charge in [-0.05, 0) is 7.05 Å². The van der Waals surface area contributed by atoms with Gasteiger partial charge >= 0.3 is 5.97 Å². The van der Waals surface area contributed by atoms with E-state index in [-0.39, 0.29) is 6.04 Å². The number of carbonyl (C=O) groups is 1. The van der Waals surface area contributed by atoms with Crippen molar-refractivity contribution in [3.8, 4) is 0 Å². The highest BCUT2D eigenvalue weighted by Crippen LogP contribution is 2.38. The lowest BCUT2D eigenvalue weighted by atomic mass is 10.0. The van der Waals surface area contributed by atoms with Crippen molar-refractivity contribution >= 4 is 17.3 Å². The van der Waals surface area contributed by atoms with Gasteiger partial charge in [-0.1, -0.05) is 6.08 Å². The Hall–Kier alpha value is -1.28. The van der Waals surface area contributed by atoms with Crippen molar-refractivity contribution < 1.29 is 14.7 Å². The van der Waals surface area contributed by atoms with Crippen LogP contribution in [0.25, 0.3) is 0 Å². The van der Waals surface area contributed by atoms with Gasteiger partial charge in [-0.15, -0.1) is 17.9 Å². The van der Waals surface area contributed by atoms with Crippen molar-refractivity contribution in [3.63, 3.8) is 0 Å². The van der Waals surface area contributed by atoms with Gasteiger partial charge < -0.3 is 5.11 Å². The first-order valence-electron chi connectivity index (χ1n) is 5.89. The molecule has 1 aliphatic heterocycles. The topological polar surface area (TPSA) is 65.9 Å². The molecule has 7 heteroatoms. The fourth-order valence-electron chi connectivity index (χ4n) is 2.23. The second-order valence-electron chi connectivity index (χ2n) is 4.43. The molecule has 0 saturated carbocycles. The van der Waals surface area contributed by atoms with E-state index in [2.05, 4.69) is 11.6 Å². The molecule has 0 bridgehead atoms. The summed E-state index contributed by atoms with van der Waals surface area (Å²) in [5.74, 6) is -0.872. The smallest absolute Gasteiger partial charge is 0.327 e. The first-order chi connectivity index (χ1) is 9.06. The highest BCUT2D eigenvalue weighted by Gasteiger charge is 2.39. The van der Waals surface area contributed by atoms with Crippen molar-refractivity contribution in [2.45, 2.75) is 12.1 Å². The number of carboxylic acid groups (broad SMARTS) is 1. The van der Waals surface area contributed by atoms with Crippen LogP contribution in [0, 0.1) is 0 Å². The summed E-state index contributed by atoms with van der Waals surface area (Å²) in [5, 5.41) is 11.0. The number of hydroxylamine groups is 2. The average Bonchev–Trinajstić information content (AvgIpc) is 2.82. The summed E-state index contributed by atoms with van der Waals surface area (Å²) in [7, 11) is 3.63. The minimum Gasteiger partial charge on any atom is -0.480 e. The lowest BCUT2D eigenvalue weighted by molar-refractivity contribution is -0.169. The molecule has 2 heterocycles. The minimum absolute atomic E-state index is 0.0111. The number of fused-ring (bicyclic) bond motifs is 1. The van der Waals surface area contributed by atoms with Gasteiger partial charge in [-0.2, -0.15) is 5.06 Å². The quantitative estimate of drug-likeness (QED) is 0.649. The Balaban J connectivity index is 2.27. The molecule has 0 aliphatic carbocycles. The fourth-order valence-corrected chi connectivity index (χ4v) is 3.18. The van der Waals surface area contributed by atoms with Crippen LogP contribution in [0.4, 0.5) is 0 Å². The molecule has 1 N–H and O–H groups in total. The molecular formula is C12H17N3O3S. The van der Waals surface area contributed by atoms with Crippen LogP contribution in [0.2, 0.25) is 0 Å². The van der Waals surface area contributed by atoms with E-state index in [1.165, 1.54) is 11.3 Å². The third kappa shape index (κ3) is 2.69. The molecule has 1 aliphatic rings. The standard InChI is InChI=1S/C12H17N3O3S/c1-4-5-18-15(3)8-6-14(2)10(12(16)17)9-11(8)19-7-13-9/h4,7-8,10H,1,5-6H2,2-3H3,(H,16,17). The average molecular weight is 283 g/mol. The Kier molecular flexibility index (Phi) is 4.31. The fraction of sp³-hybridized carbons (Fsp3) is 0.500. The Morgan fingerprint density at radius 1 is 1.84 bits per heavy atom. The zero-order chi connectivity index (χ0) is 14.0. The summed E-state index contributed by atoms with van der Waals surface area (Å²) < 4.78 is 0. The number of hydrogen-bond acceptors (Lipinski definition) is 6. The summed E-state index contributed by atoms with van der Waals surface area (Å²) in [6.07, 6.45) is 1.68. The second-order valence-corrected chi connectivity index (χ2v) is 5.31. The SMILES string of the molecule is C=CCON(C)C1CN(C)C(C(=O)O)c2ncsc21. The summed E-state index contributed by atoms with van der Waals surface area (Å²) in [4.78, 5) is 23.8. The Morgan fingerprint density at radius 2 is 2.58 bits per heavy atom. The van der Waals surface area contributed by atoms with Gasteiger partial charge in [0.15, 0.2) is 6.04 Å². The predicted octanol–water partition coefficient (Wildman–Crippen LogP) is 1.30. The highest BCUT2D eigenvalue weighted by atomic mass is 32.1. The van der Waals surface area contributed by atoms with E-state index >= 15 is 0 Å². The molecule has 0 radical (unpaired) electrons. The van der Waals surface area contributed by atoms with Gasteiger partial charge in [0.2, 0.25) is 0 Å². The number of hydrogen-bond donors (Lipinski definition) is 1. The van der Waals surface area contributed by atoms with Crippen LogP contribution in [0.5, 0.6) is 0 Å². The van der Waals surface area contributed by atoms with Crippen LogP contribution < -0.4 is 0 Å². The molecular weight excluding hydrogens is 266 g/mol. The van der Waals surface area contributed by atoms with Gasteiger partial charge in [0, 0.05) is 13.6 Å². The zero-order valence-corrected chi connectivity index (χ0v) is 11.8. The number of aromatic nitrogens is 1. The lowest BCUT2D eigenvalue weighted by Gasteiger charge is -2.37. The van der Waals surface area contributed by atoms with Crippen LogP contribution in [0.1, 0.15) is 22.7 Å². The molecule has 104 valence electrons. The van der Waals surface area contributed by atoms with Crippen molar-refractivity contribution in [1.82, 2.24) is 14.9 Å². The van der Waals surface area contributed by atoms with E-state index in [0.29, 0.717) is 18.8 Å². The molecule has 1 aromatic rings. The van der Waals surface area contributed by atoms with Gasteiger partial charge in [-0.25, -0.2) is 4.98 Å². The number of thiazole rings is 1. The van der Waals surface area contributed by atoms with Crippen LogP contribution in [-0.2, 0) is 9.63 Å². The van der Waals surface area contributed by atoms with E-state index in [0.717, 1.165) is 4.88 Å².